The number of hydrogen-bond acceptors (Lipinski definition) is 3. The standard InChI is InChI=1S/C11H13Cl2NO3/c12-8-1-2-9(10(13)6-8)7(3-4-15)5-11(16)14-17/h1-2,6-7,15,17H,3-5H2,(H,14,16)/t7-/m0/s1. The molecule has 1 aromatic carbocycles. The maximum Gasteiger partial charge on any atom is 0.243 e. The number of rotatable bonds is 5. The van der Waals surface area contributed by atoms with Crippen LogP contribution in [0.2, 0.25) is 10.0 Å². The van der Waals surface area contributed by atoms with Crippen molar-refractivity contribution in [3.63, 3.8) is 0 Å². The van der Waals surface area contributed by atoms with Crippen LogP contribution >= 0.6 is 23.2 Å². The van der Waals surface area contributed by atoms with E-state index in [2.05, 4.69) is 0 Å². The van der Waals surface area contributed by atoms with Crippen molar-refractivity contribution in [2.75, 3.05) is 6.61 Å². The fourth-order valence-electron chi connectivity index (χ4n) is 1.63. The Hall–Kier alpha value is -0.810. The van der Waals surface area contributed by atoms with E-state index in [1.54, 1.807) is 23.7 Å². The molecule has 0 aliphatic rings. The highest BCUT2D eigenvalue weighted by Gasteiger charge is 2.18. The largest absolute Gasteiger partial charge is 0.396 e. The number of aliphatic hydroxyl groups is 1. The van der Waals surface area contributed by atoms with Gasteiger partial charge in [-0.25, -0.2) is 5.48 Å². The smallest absolute Gasteiger partial charge is 0.243 e. The SMILES string of the molecule is O=C(C[C@H](CCO)c1ccc(Cl)cc1Cl)NO. The van der Waals surface area contributed by atoms with E-state index in [1.165, 1.54) is 0 Å². The highest BCUT2D eigenvalue weighted by Crippen LogP contribution is 2.31. The molecular formula is C11H13Cl2NO3. The summed E-state index contributed by atoms with van der Waals surface area (Å²) < 4.78 is 0. The minimum absolute atomic E-state index is 0.0540. The predicted octanol–water partition coefficient (Wildman–Crippen LogP) is 2.35. The Morgan fingerprint density at radius 1 is 1.41 bits per heavy atom. The van der Waals surface area contributed by atoms with Crippen molar-refractivity contribution in [1.29, 1.82) is 0 Å². The van der Waals surface area contributed by atoms with Crippen LogP contribution in [0.25, 0.3) is 0 Å². The number of benzene rings is 1. The van der Waals surface area contributed by atoms with E-state index in [0.717, 1.165) is 5.56 Å². The minimum Gasteiger partial charge on any atom is -0.396 e. The molecule has 4 nitrogen and oxygen atoms in total. The van der Waals surface area contributed by atoms with Crippen LogP contribution in [-0.2, 0) is 4.79 Å². The number of halogens is 2. The van der Waals surface area contributed by atoms with Crippen LogP contribution < -0.4 is 5.48 Å². The summed E-state index contributed by atoms with van der Waals surface area (Å²) in [7, 11) is 0. The number of hydroxylamine groups is 1. The minimum atomic E-state index is -0.519. The second-order valence-corrected chi connectivity index (χ2v) is 4.46. The number of amides is 1. The summed E-state index contributed by atoms with van der Waals surface area (Å²) in [6, 6.07) is 4.97. The first-order valence-electron chi connectivity index (χ1n) is 5.07. The van der Waals surface area contributed by atoms with Gasteiger partial charge in [0.2, 0.25) is 5.91 Å². The summed E-state index contributed by atoms with van der Waals surface area (Å²) in [5.41, 5.74) is 2.30. The molecule has 0 unspecified atom stereocenters. The molecule has 0 spiro atoms. The predicted molar refractivity (Wildman–Crippen MR) is 65.5 cm³/mol. The Bertz CT molecular complexity index is 398. The fraction of sp³-hybridized carbons (Fsp3) is 0.364. The molecule has 0 aliphatic heterocycles. The number of hydrogen-bond donors (Lipinski definition) is 3. The van der Waals surface area contributed by atoms with Crippen LogP contribution in [0.3, 0.4) is 0 Å². The lowest BCUT2D eigenvalue weighted by molar-refractivity contribution is -0.129. The van der Waals surface area contributed by atoms with Gasteiger partial charge in [0.15, 0.2) is 0 Å². The van der Waals surface area contributed by atoms with Crippen molar-refractivity contribution in [2.45, 2.75) is 18.8 Å². The number of carbonyl (C=O) groups is 1. The van der Waals surface area contributed by atoms with E-state index < -0.39 is 5.91 Å². The highest BCUT2D eigenvalue weighted by atomic mass is 35.5. The molecule has 0 fully saturated rings. The van der Waals surface area contributed by atoms with Gasteiger partial charge in [0.25, 0.3) is 0 Å². The van der Waals surface area contributed by atoms with E-state index in [4.69, 9.17) is 33.5 Å². The molecule has 0 aliphatic carbocycles. The van der Waals surface area contributed by atoms with Crippen LogP contribution in [0.5, 0.6) is 0 Å². The van der Waals surface area contributed by atoms with Crippen molar-refractivity contribution in [3.05, 3.63) is 33.8 Å². The fourth-order valence-corrected chi connectivity index (χ4v) is 2.19. The van der Waals surface area contributed by atoms with Crippen molar-refractivity contribution in [1.82, 2.24) is 5.48 Å². The monoisotopic (exact) mass is 277 g/mol. The van der Waals surface area contributed by atoms with Crippen LogP contribution in [0, 0.1) is 0 Å². The third-order valence-electron chi connectivity index (χ3n) is 2.44. The Morgan fingerprint density at radius 3 is 2.65 bits per heavy atom. The second-order valence-electron chi connectivity index (χ2n) is 3.61. The summed E-state index contributed by atoms with van der Waals surface area (Å²) in [5, 5.41) is 18.4. The highest BCUT2D eigenvalue weighted by molar-refractivity contribution is 6.35. The van der Waals surface area contributed by atoms with Gasteiger partial charge >= 0.3 is 0 Å². The maximum atomic E-state index is 11.1. The van der Waals surface area contributed by atoms with Gasteiger partial charge in [0, 0.05) is 23.1 Å². The molecule has 0 aromatic heterocycles. The molecule has 94 valence electrons. The van der Waals surface area contributed by atoms with Gasteiger partial charge in [-0.2, -0.15) is 0 Å². The first-order chi connectivity index (χ1) is 8.08. The molecule has 3 N–H and O–H groups in total. The zero-order chi connectivity index (χ0) is 12.8. The molecule has 1 amide bonds. The van der Waals surface area contributed by atoms with Crippen LogP contribution in [0.1, 0.15) is 24.3 Å². The lowest BCUT2D eigenvalue weighted by Crippen LogP contribution is -2.21. The van der Waals surface area contributed by atoms with E-state index in [1.807, 2.05) is 0 Å². The first-order valence-corrected chi connectivity index (χ1v) is 5.82. The molecule has 0 bridgehead atoms. The quantitative estimate of drug-likeness (QED) is 0.572. The topological polar surface area (TPSA) is 69.6 Å². The Labute approximate surface area is 109 Å². The van der Waals surface area contributed by atoms with E-state index in [-0.39, 0.29) is 18.9 Å². The molecule has 0 radical (unpaired) electrons. The molecule has 17 heavy (non-hydrogen) atoms. The summed E-state index contributed by atoms with van der Waals surface area (Å²) >= 11 is 11.8. The normalized spacial score (nSPS) is 12.2. The summed E-state index contributed by atoms with van der Waals surface area (Å²) in [5.74, 6) is -0.772. The molecule has 1 atom stereocenters. The van der Waals surface area contributed by atoms with Crippen LogP contribution in [0.4, 0.5) is 0 Å². The van der Waals surface area contributed by atoms with Crippen molar-refractivity contribution >= 4 is 29.1 Å². The summed E-state index contributed by atoms with van der Waals surface area (Å²) in [6.07, 6.45) is 0.438. The van der Waals surface area contributed by atoms with E-state index in [0.29, 0.717) is 16.5 Å². The van der Waals surface area contributed by atoms with Crippen molar-refractivity contribution in [3.8, 4) is 0 Å². The van der Waals surface area contributed by atoms with Gasteiger partial charge in [-0.1, -0.05) is 29.3 Å². The molecular weight excluding hydrogens is 265 g/mol. The van der Waals surface area contributed by atoms with Crippen molar-refractivity contribution < 1.29 is 15.1 Å². The van der Waals surface area contributed by atoms with Crippen LogP contribution in [-0.4, -0.2) is 22.8 Å². The molecule has 1 aromatic rings. The maximum absolute atomic E-state index is 11.1. The Balaban J connectivity index is 2.92. The third kappa shape index (κ3) is 4.16. The van der Waals surface area contributed by atoms with E-state index >= 15 is 0 Å². The van der Waals surface area contributed by atoms with Gasteiger partial charge in [0.1, 0.15) is 0 Å². The lowest BCUT2D eigenvalue weighted by Gasteiger charge is -2.16. The lowest BCUT2D eigenvalue weighted by atomic mass is 9.92. The van der Waals surface area contributed by atoms with Gasteiger partial charge in [-0.3, -0.25) is 10.0 Å². The molecule has 0 saturated carbocycles. The molecule has 6 heteroatoms. The number of aliphatic hydroxyl groups excluding tert-OH is 1. The zero-order valence-electron chi connectivity index (χ0n) is 8.99. The van der Waals surface area contributed by atoms with Gasteiger partial charge in [0.05, 0.1) is 0 Å². The Morgan fingerprint density at radius 2 is 2.12 bits per heavy atom. The molecule has 0 saturated heterocycles. The first kappa shape index (κ1) is 14.3. The average Bonchev–Trinajstić information content (AvgIpc) is 2.28. The van der Waals surface area contributed by atoms with Gasteiger partial charge in [-0.15, -0.1) is 0 Å². The molecule has 0 heterocycles. The summed E-state index contributed by atoms with van der Waals surface area (Å²) in [4.78, 5) is 11.1. The zero-order valence-corrected chi connectivity index (χ0v) is 10.5. The van der Waals surface area contributed by atoms with Crippen molar-refractivity contribution in [2.24, 2.45) is 0 Å². The second kappa shape index (κ2) is 6.81. The van der Waals surface area contributed by atoms with Crippen LogP contribution in [0.15, 0.2) is 18.2 Å². The van der Waals surface area contributed by atoms with Gasteiger partial charge < -0.3 is 5.11 Å². The average molecular weight is 278 g/mol. The summed E-state index contributed by atoms with van der Waals surface area (Å²) in [6.45, 7) is -0.0671. The van der Waals surface area contributed by atoms with Gasteiger partial charge in [-0.05, 0) is 30.0 Å². The Kier molecular flexibility index (Phi) is 5.71. The third-order valence-corrected chi connectivity index (χ3v) is 3.00. The van der Waals surface area contributed by atoms with E-state index in [9.17, 15) is 4.79 Å². The molecule has 1 rings (SSSR count). The number of nitrogens with one attached hydrogen (secondary N) is 1. The number of carbonyl (C=O) groups excluding carboxylic acids is 1.